The van der Waals surface area contributed by atoms with E-state index in [1.807, 2.05) is 0 Å². The molecule has 3 amide bonds. The van der Waals surface area contributed by atoms with Crippen LogP contribution in [0.1, 0.15) is 31.9 Å². The van der Waals surface area contributed by atoms with Gasteiger partial charge in [0.1, 0.15) is 18.6 Å². The molecule has 0 spiro atoms. The van der Waals surface area contributed by atoms with E-state index in [0.717, 1.165) is 0 Å². The SMILES string of the molecule is CC(=O)N1C=C(c2ccccc2)N(CC(=O)NC(Cc2ccccc2)C(=O)C(=O)O)C(=O)C1C(C)C. The maximum absolute atomic E-state index is 13.6. The lowest BCUT2D eigenvalue weighted by Gasteiger charge is -2.40. The number of hydrogen-bond donors (Lipinski definition) is 2. The third kappa shape index (κ3) is 6.04. The van der Waals surface area contributed by atoms with Crippen LogP contribution in [0.15, 0.2) is 66.9 Å². The molecule has 36 heavy (non-hydrogen) atoms. The van der Waals surface area contributed by atoms with E-state index in [1.54, 1.807) is 80.7 Å². The Bertz CT molecular complexity index is 1180. The van der Waals surface area contributed by atoms with Gasteiger partial charge in [-0.2, -0.15) is 0 Å². The summed E-state index contributed by atoms with van der Waals surface area (Å²) in [6.07, 6.45) is 1.54. The number of rotatable bonds is 9. The topological polar surface area (TPSA) is 124 Å². The molecule has 9 heteroatoms. The summed E-state index contributed by atoms with van der Waals surface area (Å²) in [6, 6.07) is 15.5. The van der Waals surface area contributed by atoms with E-state index in [-0.39, 0.29) is 18.2 Å². The molecule has 2 atom stereocenters. The number of amides is 3. The third-order valence-electron chi connectivity index (χ3n) is 5.88. The lowest BCUT2D eigenvalue weighted by Crippen LogP contribution is -2.56. The molecule has 2 aromatic carbocycles. The van der Waals surface area contributed by atoms with E-state index >= 15 is 0 Å². The summed E-state index contributed by atoms with van der Waals surface area (Å²) >= 11 is 0. The quantitative estimate of drug-likeness (QED) is 0.518. The summed E-state index contributed by atoms with van der Waals surface area (Å²) < 4.78 is 0. The Morgan fingerprint density at radius 1 is 0.972 bits per heavy atom. The highest BCUT2D eigenvalue weighted by atomic mass is 16.4. The molecule has 1 heterocycles. The summed E-state index contributed by atoms with van der Waals surface area (Å²) in [5, 5.41) is 11.8. The number of hydrogen-bond acceptors (Lipinski definition) is 5. The van der Waals surface area contributed by atoms with Gasteiger partial charge in [0.25, 0.3) is 11.7 Å². The van der Waals surface area contributed by atoms with Crippen LogP contribution in [-0.2, 0) is 30.4 Å². The van der Waals surface area contributed by atoms with Crippen LogP contribution in [0.5, 0.6) is 0 Å². The number of carboxylic acids is 1. The molecule has 1 aliphatic heterocycles. The summed E-state index contributed by atoms with van der Waals surface area (Å²) in [5.41, 5.74) is 1.65. The number of carbonyl (C=O) groups excluding carboxylic acids is 4. The Labute approximate surface area is 209 Å². The average molecular weight is 492 g/mol. The summed E-state index contributed by atoms with van der Waals surface area (Å²) in [7, 11) is 0. The molecule has 0 aromatic heterocycles. The minimum Gasteiger partial charge on any atom is -0.475 e. The van der Waals surface area contributed by atoms with Gasteiger partial charge in [0.05, 0.1) is 5.70 Å². The molecule has 2 aromatic rings. The Morgan fingerprint density at radius 3 is 2.08 bits per heavy atom. The van der Waals surface area contributed by atoms with Gasteiger partial charge < -0.3 is 15.3 Å². The molecule has 188 valence electrons. The van der Waals surface area contributed by atoms with E-state index in [9.17, 15) is 29.1 Å². The molecule has 0 aliphatic carbocycles. The van der Waals surface area contributed by atoms with E-state index < -0.39 is 42.2 Å². The van der Waals surface area contributed by atoms with Crippen molar-refractivity contribution < 1.29 is 29.1 Å². The van der Waals surface area contributed by atoms with Crippen molar-refractivity contribution in [3.05, 3.63) is 78.0 Å². The minimum atomic E-state index is -1.66. The first-order chi connectivity index (χ1) is 17.1. The monoisotopic (exact) mass is 491 g/mol. The van der Waals surface area contributed by atoms with Gasteiger partial charge >= 0.3 is 5.97 Å². The fourth-order valence-electron chi connectivity index (χ4n) is 4.17. The van der Waals surface area contributed by atoms with Gasteiger partial charge in [-0.05, 0) is 17.0 Å². The number of aliphatic carboxylic acids is 1. The second kappa shape index (κ2) is 11.4. The lowest BCUT2D eigenvalue weighted by molar-refractivity contribution is -0.150. The number of nitrogens with zero attached hydrogens (tertiary/aromatic N) is 2. The molecule has 0 radical (unpaired) electrons. The van der Waals surface area contributed by atoms with Crippen LogP contribution in [0.2, 0.25) is 0 Å². The van der Waals surface area contributed by atoms with Gasteiger partial charge in [-0.1, -0.05) is 74.5 Å². The van der Waals surface area contributed by atoms with E-state index in [0.29, 0.717) is 16.8 Å². The molecule has 1 aliphatic rings. The molecule has 2 unspecified atom stereocenters. The Morgan fingerprint density at radius 2 is 1.56 bits per heavy atom. The number of Topliss-reactive ketones (excluding diaryl/α,β-unsaturated/α-hetero) is 1. The van der Waals surface area contributed by atoms with E-state index in [4.69, 9.17) is 0 Å². The molecule has 0 saturated carbocycles. The summed E-state index contributed by atoms with van der Waals surface area (Å²) in [5.74, 6) is -4.50. The summed E-state index contributed by atoms with van der Waals surface area (Å²) in [4.78, 5) is 65.4. The van der Waals surface area contributed by atoms with Gasteiger partial charge in [0.2, 0.25) is 11.8 Å². The molecule has 9 nitrogen and oxygen atoms in total. The largest absolute Gasteiger partial charge is 0.475 e. The minimum absolute atomic E-state index is 0.0141. The maximum Gasteiger partial charge on any atom is 0.374 e. The van der Waals surface area contributed by atoms with Crippen LogP contribution < -0.4 is 5.32 Å². The highest BCUT2D eigenvalue weighted by molar-refractivity contribution is 6.35. The zero-order valence-electron chi connectivity index (χ0n) is 20.4. The Balaban J connectivity index is 1.92. The first-order valence-corrected chi connectivity index (χ1v) is 11.6. The number of nitrogens with one attached hydrogen (secondary N) is 1. The molecule has 0 bridgehead atoms. The van der Waals surface area contributed by atoms with Crippen LogP contribution in [0.4, 0.5) is 0 Å². The van der Waals surface area contributed by atoms with Gasteiger partial charge in [-0.3, -0.25) is 24.1 Å². The first-order valence-electron chi connectivity index (χ1n) is 11.6. The van der Waals surface area contributed by atoms with Crippen molar-refractivity contribution in [3.8, 4) is 0 Å². The normalized spacial score (nSPS) is 16.4. The standard InChI is InChI=1S/C27H29N3O6/c1-17(2)24-26(34)30(22(15-29(24)18(3)31)20-12-8-5-9-13-20)16-23(32)28-21(25(33)27(35)36)14-19-10-6-4-7-11-19/h4-13,15,17,21,24H,14,16H2,1-3H3,(H,28,32)(H,35,36). The second-order valence-corrected chi connectivity index (χ2v) is 8.90. The van der Waals surface area contributed by atoms with Crippen molar-refractivity contribution in [1.29, 1.82) is 0 Å². The van der Waals surface area contributed by atoms with Gasteiger partial charge in [0, 0.05) is 19.5 Å². The van der Waals surface area contributed by atoms with Crippen LogP contribution >= 0.6 is 0 Å². The van der Waals surface area contributed by atoms with E-state index in [1.165, 1.54) is 16.7 Å². The zero-order valence-corrected chi connectivity index (χ0v) is 20.4. The maximum atomic E-state index is 13.6. The molecule has 0 saturated heterocycles. The molecule has 2 N–H and O–H groups in total. The fourth-order valence-corrected chi connectivity index (χ4v) is 4.17. The van der Waals surface area contributed by atoms with Crippen molar-refractivity contribution in [1.82, 2.24) is 15.1 Å². The third-order valence-corrected chi connectivity index (χ3v) is 5.88. The van der Waals surface area contributed by atoms with Crippen LogP contribution in [0, 0.1) is 5.92 Å². The van der Waals surface area contributed by atoms with Crippen molar-refractivity contribution in [2.45, 2.75) is 39.3 Å². The molecule has 0 fully saturated rings. The molecule has 3 rings (SSSR count). The first kappa shape index (κ1) is 26.3. The lowest BCUT2D eigenvalue weighted by atomic mass is 9.97. The van der Waals surface area contributed by atoms with Gasteiger partial charge in [-0.15, -0.1) is 0 Å². The van der Waals surface area contributed by atoms with Crippen molar-refractivity contribution in [2.24, 2.45) is 5.92 Å². The Kier molecular flexibility index (Phi) is 8.37. The second-order valence-electron chi connectivity index (χ2n) is 8.90. The van der Waals surface area contributed by atoms with Crippen molar-refractivity contribution in [3.63, 3.8) is 0 Å². The van der Waals surface area contributed by atoms with Crippen molar-refractivity contribution >= 4 is 35.2 Å². The van der Waals surface area contributed by atoms with Crippen LogP contribution in [0.25, 0.3) is 5.70 Å². The number of carboxylic acid groups (broad SMARTS) is 1. The molecular weight excluding hydrogens is 462 g/mol. The van der Waals surface area contributed by atoms with Gasteiger partial charge in [0.15, 0.2) is 0 Å². The zero-order chi connectivity index (χ0) is 26.4. The predicted molar refractivity (Wildman–Crippen MR) is 132 cm³/mol. The van der Waals surface area contributed by atoms with E-state index in [2.05, 4.69) is 5.32 Å². The fraction of sp³-hybridized carbons (Fsp3) is 0.296. The average Bonchev–Trinajstić information content (AvgIpc) is 2.84. The van der Waals surface area contributed by atoms with Crippen molar-refractivity contribution in [2.75, 3.05) is 6.54 Å². The molecular formula is C27H29N3O6. The Hall–Kier alpha value is -4.27. The number of ketones is 1. The summed E-state index contributed by atoms with van der Waals surface area (Å²) in [6.45, 7) is 4.53. The smallest absolute Gasteiger partial charge is 0.374 e. The number of carbonyl (C=O) groups is 5. The number of benzene rings is 2. The highest BCUT2D eigenvalue weighted by Crippen LogP contribution is 2.29. The highest BCUT2D eigenvalue weighted by Gasteiger charge is 2.40. The van der Waals surface area contributed by atoms with Crippen LogP contribution in [-0.4, -0.2) is 63.0 Å². The van der Waals surface area contributed by atoms with Gasteiger partial charge in [-0.25, -0.2) is 4.79 Å². The van der Waals surface area contributed by atoms with Crippen LogP contribution in [0.3, 0.4) is 0 Å². The predicted octanol–water partition coefficient (Wildman–Crippen LogP) is 2.08.